The minimum absolute atomic E-state index is 0.0850. The lowest BCUT2D eigenvalue weighted by molar-refractivity contribution is -0.138. The van der Waals surface area contributed by atoms with E-state index in [0.29, 0.717) is 18.6 Å². The largest absolute Gasteiger partial charge is 0.348 e. The quantitative estimate of drug-likeness (QED) is 0.774. The monoisotopic (exact) mass is 293 g/mol. The average Bonchev–Trinajstić information content (AvgIpc) is 2.84. The summed E-state index contributed by atoms with van der Waals surface area (Å²) < 4.78 is 26.0. The van der Waals surface area contributed by atoms with Gasteiger partial charge in [-0.3, -0.25) is 9.59 Å². The molecule has 0 spiro atoms. The Morgan fingerprint density at radius 1 is 1.68 bits per heavy atom. The first-order chi connectivity index (χ1) is 8.79. The van der Waals surface area contributed by atoms with Gasteiger partial charge < -0.3 is 16.0 Å². The van der Waals surface area contributed by atoms with Crippen LogP contribution in [0, 0.1) is 0 Å². The molecule has 2 aliphatic rings. The molecular formula is C11H17F2N3O2S. The third kappa shape index (κ3) is 2.69. The van der Waals surface area contributed by atoms with E-state index in [1.54, 1.807) is 0 Å². The summed E-state index contributed by atoms with van der Waals surface area (Å²) in [7, 11) is 0. The molecule has 0 radical (unpaired) electrons. The summed E-state index contributed by atoms with van der Waals surface area (Å²) in [5.41, 5.74) is 4.90. The van der Waals surface area contributed by atoms with Crippen molar-refractivity contribution in [3.8, 4) is 0 Å². The highest BCUT2D eigenvalue weighted by Gasteiger charge is 2.53. The van der Waals surface area contributed by atoms with Crippen LogP contribution in [0.5, 0.6) is 0 Å². The molecule has 8 heteroatoms. The average molecular weight is 293 g/mol. The van der Waals surface area contributed by atoms with E-state index in [1.807, 2.05) is 6.92 Å². The number of thioether (sulfide) groups is 1. The Balaban J connectivity index is 1.99. The van der Waals surface area contributed by atoms with Gasteiger partial charge in [-0.2, -0.15) is 0 Å². The van der Waals surface area contributed by atoms with Crippen molar-refractivity contribution in [2.45, 2.75) is 36.6 Å². The number of halogens is 2. The molecule has 0 aromatic carbocycles. The maximum absolute atomic E-state index is 13.0. The van der Waals surface area contributed by atoms with Crippen molar-refractivity contribution >= 4 is 23.6 Å². The molecule has 108 valence electrons. The van der Waals surface area contributed by atoms with E-state index in [1.165, 1.54) is 16.7 Å². The fourth-order valence-electron chi connectivity index (χ4n) is 2.42. The van der Waals surface area contributed by atoms with Crippen LogP contribution >= 0.6 is 11.8 Å². The normalized spacial score (nSPS) is 30.6. The van der Waals surface area contributed by atoms with Crippen molar-refractivity contribution < 1.29 is 18.4 Å². The first-order valence-corrected chi connectivity index (χ1v) is 7.09. The van der Waals surface area contributed by atoms with E-state index in [9.17, 15) is 18.4 Å². The lowest BCUT2D eigenvalue weighted by Gasteiger charge is -2.30. The fraction of sp³-hybridized carbons (Fsp3) is 0.818. The number of hydrogen-bond acceptors (Lipinski definition) is 4. The van der Waals surface area contributed by atoms with Gasteiger partial charge in [-0.1, -0.05) is 0 Å². The maximum Gasteiger partial charge on any atom is 0.277 e. The zero-order valence-corrected chi connectivity index (χ0v) is 11.4. The second-order valence-electron chi connectivity index (χ2n) is 5.04. The molecular weight excluding hydrogens is 276 g/mol. The van der Waals surface area contributed by atoms with Crippen molar-refractivity contribution in [3.05, 3.63) is 0 Å². The molecule has 0 aromatic rings. The lowest BCUT2D eigenvalue weighted by Crippen LogP contribution is -2.52. The molecule has 2 fully saturated rings. The Kier molecular flexibility index (Phi) is 3.74. The van der Waals surface area contributed by atoms with Gasteiger partial charge in [0.25, 0.3) is 5.92 Å². The highest BCUT2D eigenvalue weighted by molar-refractivity contribution is 8.01. The van der Waals surface area contributed by atoms with Gasteiger partial charge in [0.1, 0.15) is 6.04 Å². The van der Waals surface area contributed by atoms with Gasteiger partial charge in [0.05, 0.1) is 18.0 Å². The van der Waals surface area contributed by atoms with Crippen LogP contribution in [0.2, 0.25) is 0 Å². The van der Waals surface area contributed by atoms with Crippen molar-refractivity contribution in [3.63, 3.8) is 0 Å². The third-order valence-corrected chi connectivity index (χ3v) is 5.07. The molecule has 0 saturated carbocycles. The molecule has 3 N–H and O–H groups in total. The second kappa shape index (κ2) is 4.90. The Morgan fingerprint density at radius 2 is 2.37 bits per heavy atom. The number of carbonyl (C=O) groups is 2. The summed E-state index contributed by atoms with van der Waals surface area (Å²) in [5, 5.41) is 2.19. The number of nitrogens with one attached hydrogen (secondary N) is 1. The van der Waals surface area contributed by atoms with E-state index < -0.39 is 31.0 Å². The Bertz CT molecular complexity index is 407. The van der Waals surface area contributed by atoms with Crippen molar-refractivity contribution in [1.82, 2.24) is 10.2 Å². The van der Waals surface area contributed by atoms with Crippen LogP contribution in [-0.4, -0.2) is 52.4 Å². The Hall–Kier alpha value is -0.890. The van der Waals surface area contributed by atoms with Crippen LogP contribution in [0.3, 0.4) is 0 Å². The molecule has 5 nitrogen and oxygen atoms in total. The number of nitrogens with zero attached hydrogens (tertiary/aromatic N) is 1. The van der Waals surface area contributed by atoms with Crippen LogP contribution in [0.4, 0.5) is 8.78 Å². The molecule has 2 aliphatic heterocycles. The summed E-state index contributed by atoms with van der Waals surface area (Å²) in [6, 6.07) is -0.654. The van der Waals surface area contributed by atoms with Gasteiger partial charge in [-0.25, -0.2) is 8.78 Å². The number of nitrogens with two attached hydrogens (primary N) is 1. The van der Waals surface area contributed by atoms with Crippen molar-refractivity contribution in [2.24, 2.45) is 5.73 Å². The van der Waals surface area contributed by atoms with Gasteiger partial charge >= 0.3 is 0 Å². The van der Waals surface area contributed by atoms with Gasteiger partial charge in [-0.05, 0) is 13.3 Å². The van der Waals surface area contributed by atoms with Crippen molar-refractivity contribution in [2.75, 3.05) is 18.8 Å². The van der Waals surface area contributed by atoms with Crippen LogP contribution in [0.25, 0.3) is 0 Å². The standard InChI is InChI=1S/C11H17F2N3O2S/c1-10-3-2-8(17)16(10)7(4-19-10)9(18)15-6-11(12,13)5-14/h7H,2-6,14H2,1H3,(H,15,18). The topological polar surface area (TPSA) is 75.4 Å². The molecule has 0 bridgehead atoms. The van der Waals surface area contributed by atoms with Crippen LogP contribution < -0.4 is 11.1 Å². The molecule has 2 amide bonds. The summed E-state index contributed by atoms with van der Waals surface area (Å²) in [6.45, 7) is 0.305. The molecule has 19 heavy (non-hydrogen) atoms. The molecule has 0 aliphatic carbocycles. The van der Waals surface area contributed by atoms with E-state index in [4.69, 9.17) is 5.73 Å². The third-order valence-electron chi connectivity index (χ3n) is 3.57. The van der Waals surface area contributed by atoms with Gasteiger partial charge in [0, 0.05) is 12.2 Å². The zero-order chi connectivity index (χ0) is 14.3. The maximum atomic E-state index is 13.0. The summed E-state index contributed by atoms with van der Waals surface area (Å²) >= 11 is 1.53. The number of amides is 2. The van der Waals surface area contributed by atoms with Crippen LogP contribution in [0.15, 0.2) is 0 Å². The molecule has 2 unspecified atom stereocenters. The fourth-order valence-corrected chi connectivity index (χ4v) is 3.85. The molecule has 2 rings (SSSR count). The smallest absolute Gasteiger partial charge is 0.277 e. The molecule has 2 heterocycles. The van der Waals surface area contributed by atoms with Crippen LogP contribution in [0.1, 0.15) is 19.8 Å². The first kappa shape index (κ1) is 14.5. The summed E-state index contributed by atoms with van der Waals surface area (Å²) in [6.07, 6.45) is 1.10. The highest BCUT2D eigenvalue weighted by Crippen LogP contribution is 2.47. The predicted molar refractivity (Wildman–Crippen MR) is 67.7 cm³/mol. The number of rotatable bonds is 4. The second-order valence-corrected chi connectivity index (χ2v) is 6.54. The van der Waals surface area contributed by atoms with Crippen LogP contribution in [-0.2, 0) is 9.59 Å². The molecule has 0 aromatic heterocycles. The van der Waals surface area contributed by atoms with Gasteiger partial charge in [-0.15, -0.1) is 11.8 Å². The van der Waals surface area contributed by atoms with Crippen molar-refractivity contribution in [1.29, 1.82) is 0 Å². The number of carbonyl (C=O) groups excluding carboxylic acids is 2. The first-order valence-electron chi connectivity index (χ1n) is 6.11. The van der Waals surface area contributed by atoms with Gasteiger partial charge in [0.15, 0.2) is 0 Å². The number of alkyl halides is 2. The highest BCUT2D eigenvalue weighted by atomic mass is 32.2. The van der Waals surface area contributed by atoms with E-state index in [0.717, 1.165) is 0 Å². The SMILES string of the molecule is CC12CCC(=O)N1C(C(=O)NCC(F)(F)CN)CS2. The predicted octanol–water partition coefficient (Wildman–Crippen LogP) is 0.151. The minimum atomic E-state index is -3.11. The molecule has 2 saturated heterocycles. The molecule has 2 atom stereocenters. The summed E-state index contributed by atoms with van der Waals surface area (Å²) in [5.74, 6) is -3.28. The van der Waals surface area contributed by atoms with E-state index in [-0.39, 0.29) is 10.8 Å². The number of fused-ring (bicyclic) bond motifs is 1. The summed E-state index contributed by atoms with van der Waals surface area (Å²) in [4.78, 5) is 24.9. The lowest BCUT2D eigenvalue weighted by atomic mass is 10.2. The van der Waals surface area contributed by atoms with E-state index >= 15 is 0 Å². The minimum Gasteiger partial charge on any atom is -0.348 e. The Morgan fingerprint density at radius 3 is 3.00 bits per heavy atom. The van der Waals surface area contributed by atoms with Gasteiger partial charge in [0.2, 0.25) is 11.8 Å². The number of hydrogen-bond donors (Lipinski definition) is 2. The zero-order valence-electron chi connectivity index (χ0n) is 10.6. The van der Waals surface area contributed by atoms with E-state index in [2.05, 4.69) is 5.32 Å². The Labute approximate surface area is 114 Å².